The van der Waals surface area contributed by atoms with Crippen LogP contribution in [0, 0.1) is 0 Å². The molecule has 4 heteroatoms. The number of hydrogen-bond acceptors (Lipinski definition) is 3. The van der Waals surface area contributed by atoms with Crippen molar-refractivity contribution in [3.8, 4) is 0 Å². The SMILES string of the molecule is COC(C)(C)CC(=O)N(c1ccc(CN)cc1)C(C)C. The molecular formula is C16H26N2O2. The largest absolute Gasteiger partial charge is 0.378 e. The first-order chi connectivity index (χ1) is 9.30. The number of nitrogens with zero attached hydrogens (tertiary/aromatic N) is 1. The summed E-state index contributed by atoms with van der Waals surface area (Å²) in [7, 11) is 1.63. The summed E-state index contributed by atoms with van der Waals surface area (Å²) in [6.45, 7) is 8.36. The smallest absolute Gasteiger partial charge is 0.230 e. The minimum absolute atomic E-state index is 0.0624. The molecule has 1 aromatic carbocycles. The maximum atomic E-state index is 12.5. The highest BCUT2D eigenvalue weighted by atomic mass is 16.5. The molecule has 0 saturated heterocycles. The molecule has 0 saturated carbocycles. The van der Waals surface area contributed by atoms with Gasteiger partial charge < -0.3 is 15.4 Å². The maximum Gasteiger partial charge on any atom is 0.230 e. The van der Waals surface area contributed by atoms with Gasteiger partial charge in [0.2, 0.25) is 5.91 Å². The Morgan fingerprint density at radius 1 is 1.30 bits per heavy atom. The third-order valence-corrected chi connectivity index (χ3v) is 3.36. The number of nitrogens with two attached hydrogens (primary N) is 1. The molecule has 0 atom stereocenters. The second kappa shape index (κ2) is 6.86. The van der Waals surface area contributed by atoms with Crippen LogP contribution in [0.2, 0.25) is 0 Å². The van der Waals surface area contributed by atoms with Gasteiger partial charge in [0.15, 0.2) is 0 Å². The van der Waals surface area contributed by atoms with Crippen LogP contribution in [0.3, 0.4) is 0 Å². The van der Waals surface area contributed by atoms with Gasteiger partial charge in [-0.1, -0.05) is 12.1 Å². The van der Waals surface area contributed by atoms with Crippen LogP contribution < -0.4 is 10.6 Å². The summed E-state index contributed by atoms with van der Waals surface area (Å²) in [5, 5.41) is 0. The van der Waals surface area contributed by atoms with Gasteiger partial charge in [-0.3, -0.25) is 4.79 Å². The van der Waals surface area contributed by atoms with E-state index in [1.165, 1.54) is 0 Å². The van der Waals surface area contributed by atoms with E-state index >= 15 is 0 Å². The Labute approximate surface area is 121 Å². The molecule has 1 rings (SSSR count). The summed E-state index contributed by atoms with van der Waals surface area (Å²) >= 11 is 0. The van der Waals surface area contributed by atoms with Crippen LogP contribution >= 0.6 is 0 Å². The molecule has 2 N–H and O–H groups in total. The van der Waals surface area contributed by atoms with Crippen molar-refractivity contribution in [3.63, 3.8) is 0 Å². The van der Waals surface area contributed by atoms with E-state index in [2.05, 4.69) is 0 Å². The van der Waals surface area contributed by atoms with Crippen molar-refractivity contribution in [3.05, 3.63) is 29.8 Å². The molecule has 0 aliphatic rings. The zero-order valence-electron chi connectivity index (χ0n) is 13.1. The van der Waals surface area contributed by atoms with Gasteiger partial charge in [-0.15, -0.1) is 0 Å². The minimum Gasteiger partial charge on any atom is -0.378 e. The van der Waals surface area contributed by atoms with Crippen LogP contribution in [-0.4, -0.2) is 24.7 Å². The third-order valence-electron chi connectivity index (χ3n) is 3.36. The number of anilines is 1. The lowest BCUT2D eigenvalue weighted by molar-refractivity contribution is -0.123. The minimum atomic E-state index is -0.457. The average molecular weight is 278 g/mol. The van der Waals surface area contributed by atoms with Crippen molar-refractivity contribution in [2.45, 2.75) is 52.3 Å². The number of carbonyl (C=O) groups excluding carboxylic acids is 1. The highest BCUT2D eigenvalue weighted by Crippen LogP contribution is 2.22. The van der Waals surface area contributed by atoms with Gasteiger partial charge in [-0.2, -0.15) is 0 Å². The fourth-order valence-corrected chi connectivity index (χ4v) is 2.04. The Hall–Kier alpha value is -1.39. The van der Waals surface area contributed by atoms with Crippen molar-refractivity contribution in [1.82, 2.24) is 0 Å². The Morgan fingerprint density at radius 3 is 2.25 bits per heavy atom. The maximum absolute atomic E-state index is 12.5. The third kappa shape index (κ3) is 4.32. The van der Waals surface area contributed by atoms with Crippen molar-refractivity contribution in [2.75, 3.05) is 12.0 Å². The van der Waals surface area contributed by atoms with Gasteiger partial charge in [0, 0.05) is 25.4 Å². The number of ether oxygens (including phenoxy) is 1. The van der Waals surface area contributed by atoms with E-state index in [0.29, 0.717) is 13.0 Å². The lowest BCUT2D eigenvalue weighted by Gasteiger charge is -2.31. The molecule has 4 nitrogen and oxygen atoms in total. The zero-order chi connectivity index (χ0) is 15.3. The molecule has 0 unspecified atom stereocenters. The van der Waals surface area contributed by atoms with Crippen molar-refractivity contribution < 1.29 is 9.53 Å². The molecular weight excluding hydrogens is 252 g/mol. The molecule has 0 radical (unpaired) electrons. The molecule has 0 aliphatic heterocycles. The van der Waals surface area contributed by atoms with Gasteiger partial charge in [0.05, 0.1) is 12.0 Å². The van der Waals surface area contributed by atoms with E-state index in [1.807, 2.05) is 52.0 Å². The van der Waals surface area contributed by atoms with E-state index < -0.39 is 5.60 Å². The summed E-state index contributed by atoms with van der Waals surface area (Å²) in [6, 6.07) is 7.90. The second-order valence-corrected chi connectivity index (χ2v) is 5.87. The van der Waals surface area contributed by atoms with Crippen LogP contribution in [0.5, 0.6) is 0 Å². The second-order valence-electron chi connectivity index (χ2n) is 5.87. The molecule has 0 aliphatic carbocycles. The molecule has 1 amide bonds. The van der Waals surface area contributed by atoms with E-state index in [1.54, 1.807) is 12.0 Å². The summed E-state index contributed by atoms with van der Waals surface area (Å²) in [5.41, 5.74) is 7.10. The molecule has 0 heterocycles. The van der Waals surface area contributed by atoms with Gasteiger partial charge >= 0.3 is 0 Å². The van der Waals surface area contributed by atoms with E-state index in [0.717, 1.165) is 11.3 Å². The van der Waals surface area contributed by atoms with Crippen LogP contribution in [0.25, 0.3) is 0 Å². The molecule has 0 aromatic heterocycles. The molecule has 20 heavy (non-hydrogen) atoms. The van der Waals surface area contributed by atoms with Crippen molar-refractivity contribution >= 4 is 11.6 Å². The highest BCUT2D eigenvalue weighted by Gasteiger charge is 2.27. The van der Waals surface area contributed by atoms with Crippen molar-refractivity contribution in [1.29, 1.82) is 0 Å². The first-order valence-electron chi connectivity index (χ1n) is 6.97. The summed E-state index contributed by atoms with van der Waals surface area (Å²) in [4.78, 5) is 14.3. The number of methoxy groups -OCH3 is 1. The number of amides is 1. The fourth-order valence-electron chi connectivity index (χ4n) is 2.04. The predicted octanol–water partition coefficient (Wildman–Crippen LogP) is 2.70. The molecule has 0 fully saturated rings. The molecule has 0 spiro atoms. The normalized spacial score (nSPS) is 11.8. The fraction of sp³-hybridized carbons (Fsp3) is 0.562. The van der Waals surface area contributed by atoms with E-state index in [4.69, 9.17) is 10.5 Å². The van der Waals surface area contributed by atoms with E-state index in [-0.39, 0.29) is 11.9 Å². The summed E-state index contributed by atoms with van der Waals surface area (Å²) in [6.07, 6.45) is 0.348. The Balaban J connectivity index is 2.96. The van der Waals surface area contributed by atoms with Crippen LogP contribution in [0.1, 0.15) is 39.7 Å². The van der Waals surface area contributed by atoms with Gasteiger partial charge in [0.1, 0.15) is 0 Å². The number of carbonyl (C=O) groups is 1. The monoisotopic (exact) mass is 278 g/mol. The zero-order valence-corrected chi connectivity index (χ0v) is 13.1. The first-order valence-corrected chi connectivity index (χ1v) is 6.97. The average Bonchev–Trinajstić information content (AvgIpc) is 2.38. The quantitative estimate of drug-likeness (QED) is 0.870. The van der Waals surface area contributed by atoms with Crippen LogP contribution in [-0.2, 0) is 16.1 Å². The van der Waals surface area contributed by atoms with Crippen LogP contribution in [0.4, 0.5) is 5.69 Å². The highest BCUT2D eigenvalue weighted by molar-refractivity contribution is 5.94. The lowest BCUT2D eigenvalue weighted by atomic mass is 10.0. The molecule has 112 valence electrons. The molecule has 0 bridgehead atoms. The number of rotatable bonds is 6. The summed E-state index contributed by atoms with van der Waals surface area (Å²) in [5.74, 6) is 0.0624. The standard InChI is InChI=1S/C16H26N2O2/c1-12(2)18(15(19)10-16(3,4)20-5)14-8-6-13(11-17)7-9-14/h6-9,12H,10-11,17H2,1-5H3. The Morgan fingerprint density at radius 2 is 1.85 bits per heavy atom. The Kier molecular flexibility index (Phi) is 5.72. The van der Waals surface area contributed by atoms with Gasteiger partial charge in [0.25, 0.3) is 0 Å². The summed E-state index contributed by atoms with van der Waals surface area (Å²) < 4.78 is 5.35. The van der Waals surface area contributed by atoms with Crippen molar-refractivity contribution in [2.24, 2.45) is 5.73 Å². The Bertz CT molecular complexity index is 438. The number of hydrogen-bond donors (Lipinski definition) is 1. The topological polar surface area (TPSA) is 55.6 Å². The van der Waals surface area contributed by atoms with Crippen LogP contribution in [0.15, 0.2) is 24.3 Å². The molecule has 1 aromatic rings. The van der Waals surface area contributed by atoms with Gasteiger partial charge in [-0.05, 0) is 45.4 Å². The van der Waals surface area contributed by atoms with E-state index in [9.17, 15) is 4.79 Å². The first kappa shape index (κ1) is 16.7. The lowest BCUT2D eigenvalue weighted by Crippen LogP contribution is -2.41. The predicted molar refractivity (Wildman–Crippen MR) is 82.7 cm³/mol. The number of benzene rings is 1. The van der Waals surface area contributed by atoms with Gasteiger partial charge in [-0.25, -0.2) is 0 Å².